The van der Waals surface area contributed by atoms with Crippen LogP contribution in [-0.4, -0.2) is 36.8 Å². The van der Waals surface area contributed by atoms with E-state index < -0.39 is 0 Å². The van der Waals surface area contributed by atoms with Crippen molar-refractivity contribution in [2.24, 2.45) is 0 Å². The van der Waals surface area contributed by atoms with E-state index in [4.69, 9.17) is 17.0 Å². The molecule has 1 unspecified atom stereocenters. The number of ether oxygens (including phenoxy) is 1. The monoisotopic (exact) mass is 373 g/mol. The van der Waals surface area contributed by atoms with Gasteiger partial charge in [0.15, 0.2) is 5.11 Å². The Morgan fingerprint density at radius 1 is 1.15 bits per heavy atom. The Bertz CT molecular complexity index is 732. The second kappa shape index (κ2) is 8.96. The lowest BCUT2D eigenvalue weighted by Crippen LogP contribution is -2.38. The lowest BCUT2D eigenvalue weighted by Gasteiger charge is -2.29. The number of nitrogens with one attached hydrogen (secondary N) is 2. The van der Waals surface area contributed by atoms with Crippen LogP contribution in [0.3, 0.4) is 0 Å². The zero-order valence-electron chi connectivity index (χ0n) is 14.9. The van der Waals surface area contributed by atoms with E-state index in [1.807, 2.05) is 18.2 Å². The molecule has 4 nitrogen and oxygen atoms in total. The van der Waals surface area contributed by atoms with Crippen molar-refractivity contribution in [3.63, 3.8) is 0 Å². The minimum atomic E-state index is -0.264. The highest BCUT2D eigenvalue weighted by Gasteiger charge is 2.25. The second-order valence-electron chi connectivity index (χ2n) is 6.34. The average molecular weight is 373 g/mol. The molecule has 0 aliphatic carbocycles. The van der Waals surface area contributed by atoms with E-state index in [-0.39, 0.29) is 11.9 Å². The lowest BCUT2D eigenvalue weighted by atomic mass is 10.0. The zero-order valence-corrected chi connectivity index (χ0v) is 15.7. The molecule has 1 saturated heterocycles. The fraction of sp³-hybridized carbons (Fsp3) is 0.350. The summed E-state index contributed by atoms with van der Waals surface area (Å²) in [6.07, 6.45) is 2.42. The smallest absolute Gasteiger partial charge is 0.170 e. The van der Waals surface area contributed by atoms with E-state index in [0.717, 1.165) is 30.1 Å². The van der Waals surface area contributed by atoms with Crippen LogP contribution in [0.1, 0.15) is 24.4 Å². The highest BCUT2D eigenvalue weighted by molar-refractivity contribution is 7.80. The van der Waals surface area contributed by atoms with Crippen molar-refractivity contribution in [1.82, 2.24) is 10.2 Å². The van der Waals surface area contributed by atoms with Gasteiger partial charge < -0.3 is 15.4 Å². The van der Waals surface area contributed by atoms with Crippen molar-refractivity contribution < 1.29 is 9.13 Å². The summed E-state index contributed by atoms with van der Waals surface area (Å²) in [6.45, 7) is 2.82. The Morgan fingerprint density at radius 2 is 1.85 bits per heavy atom. The molecule has 0 radical (unpaired) electrons. The number of benzene rings is 2. The van der Waals surface area contributed by atoms with Crippen LogP contribution >= 0.6 is 12.2 Å². The van der Waals surface area contributed by atoms with Crippen LogP contribution < -0.4 is 15.4 Å². The number of hydrogen-bond acceptors (Lipinski definition) is 3. The molecule has 2 aromatic rings. The summed E-state index contributed by atoms with van der Waals surface area (Å²) in [5, 5.41) is 6.92. The van der Waals surface area contributed by atoms with E-state index in [9.17, 15) is 4.39 Å². The first-order valence-electron chi connectivity index (χ1n) is 8.85. The largest absolute Gasteiger partial charge is 0.496 e. The minimum Gasteiger partial charge on any atom is -0.496 e. The number of hydrogen-bond donors (Lipinski definition) is 2. The van der Waals surface area contributed by atoms with Crippen molar-refractivity contribution in [3.05, 3.63) is 59.9 Å². The molecule has 2 N–H and O–H groups in total. The second-order valence-corrected chi connectivity index (χ2v) is 6.75. The molecular weight excluding hydrogens is 349 g/mol. The minimum absolute atomic E-state index is 0.182. The fourth-order valence-electron chi connectivity index (χ4n) is 3.33. The Morgan fingerprint density at radius 3 is 2.54 bits per heavy atom. The lowest BCUT2D eigenvalue weighted by molar-refractivity contribution is 0.240. The van der Waals surface area contributed by atoms with Crippen LogP contribution in [0, 0.1) is 5.82 Å². The van der Waals surface area contributed by atoms with Gasteiger partial charge in [-0.3, -0.25) is 4.90 Å². The summed E-state index contributed by atoms with van der Waals surface area (Å²) >= 11 is 5.41. The molecule has 0 saturated carbocycles. The summed E-state index contributed by atoms with van der Waals surface area (Å²) in [5.74, 6) is 0.628. The third-order valence-electron chi connectivity index (χ3n) is 4.64. The number of methoxy groups -OCH3 is 1. The maximum absolute atomic E-state index is 13.0. The Hall–Kier alpha value is -2.18. The molecule has 1 aliphatic rings. The molecule has 26 heavy (non-hydrogen) atoms. The molecule has 3 rings (SSSR count). The SMILES string of the molecule is COc1ccccc1C(CNC(=S)Nc1ccc(F)cc1)N1CCCC1. The van der Waals surface area contributed by atoms with Crippen molar-refractivity contribution in [2.45, 2.75) is 18.9 Å². The predicted octanol–water partition coefficient (Wildman–Crippen LogP) is 3.96. The summed E-state index contributed by atoms with van der Waals surface area (Å²) < 4.78 is 18.6. The topological polar surface area (TPSA) is 36.5 Å². The maximum atomic E-state index is 13.0. The highest BCUT2D eigenvalue weighted by atomic mass is 32.1. The Balaban J connectivity index is 1.67. The van der Waals surface area contributed by atoms with E-state index >= 15 is 0 Å². The van der Waals surface area contributed by atoms with Crippen LogP contribution in [0.2, 0.25) is 0 Å². The van der Waals surface area contributed by atoms with Gasteiger partial charge in [-0.25, -0.2) is 4.39 Å². The molecule has 0 amide bonds. The third-order valence-corrected chi connectivity index (χ3v) is 4.88. The van der Waals surface area contributed by atoms with E-state index in [1.165, 1.54) is 25.0 Å². The number of thiocarbonyl (C=S) groups is 1. The fourth-order valence-corrected chi connectivity index (χ4v) is 3.53. The third kappa shape index (κ3) is 4.71. The van der Waals surface area contributed by atoms with Crippen LogP contribution in [0.4, 0.5) is 10.1 Å². The molecule has 0 aromatic heterocycles. The van der Waals surface area contributed by atoms with Gasteiger partial charge in [-0.15, -0.1) is 0 Å². The van der Waals surface area contributed by atoms with Crippen LogP contribution in [0.15, 0.2) is 48.5 Å². The number of nitrogens with zero attached hydrogens (tertiary/aromatic N) is 1. The molecule has 1 heterocycles. The van der Waals surface area contributed by atoms with Crippen molar-refractivity contribution in [3.8, 4) is 5.75 Å². The highest BCUT2D eigenvalue weighted by Crippen LogP contribution is 2.31. The zero-order chi connectivity index (χ0) is 18.4. The molecule has 6 heteroatoms. The van der Waals surface area contributed by atoms with Gasteiger partial charge in [0.05, 0.1) is 13.2 Å². The number of rotatable bonds is 6. The number of para-hydroxylation sites is 1. The van der Waals surface area contributed by atoms with Crippen molar-refractivity contribution >= 4 is 23.0 Å². The molecule has 1 fully saturated rings. The molecule has 0 bridgehead atoms. The summed E-state index contributed by atoms with van der Waals surface area (Å²) in [4.78, 5) is 2.46. The Labute approximate surface area is 159 Å². The molecular formula is C20H24FN3OS. The number of halogens is 1. The van der Waals surface area contributed by atoms with Gasteiger partial charge in [0.25, 0.3) is 0 Å². The van der Waals surface area contributed by atoms with Gasteiger partial charge in [-0.2, -0.15) is 0 Å². The van der Waals surface area contributed by atoms with Crippen LogP contribution in [-0.2, 0) is 0 Å². The molecule has 1 atom stereocenters. The number of anilines is 1. The predicted molar refractivity (Wildman–Crippen MR) is 107 cm³/mol. The van der Waals surface area contributed by atoms with Crippen molar-refractivity contribution in [1.29, 1.82) is 0 Å². The van der Waals surface area contributed by atoms with Crippen LogP contribution in [0.5, 0.6) is 5.75 Å². The quantitative estimate of drug-likeness (QED) is 0.750. The van der Waals surface area contributed by atoms with Crippen molar-refractivity contribution in [2.75, 3.05) is 32.1 Å². The first-order valence-corrected chi connectivity index (χ1v) is 9.25. The Kier molecular flexibility index (Phi) is 6.41. The molecule has 1 aliphatic heterocycles. The number of likely N-dealkylation sites (tertiary alicyclic amines) is 1. The first-order chi connectivity index (χ1) is 12.7. The average Bonchev–Trinajstić information content (AvgIpc) is 3.18. The van der Waals surface area contributed by atoms with Gasteiger partial charge in [0.1, 0.15) is 11.6 Å². The standard InChI is InChI=1S/C20H24FN3OS/c1-25-19-7-3-2-6-17(19)18(24-12-4-5-13-24)14-22-20(26)23-16-10-8-15(21)9-11-16/h2-3,6-11,18H,4-5,12-14H2,1H3,(H2,22,23,26). The van der Waals surface area contributed by atoms with Gasteiger partial charge in [-0.05, 0) is 68.5 Å². The summed E-state index contributed by atoms with van der Waals surface area (Å²) in [5.41, 5.74) is 1.92. The maximum Gasteiger partial charge on any atom is 0.170 e. The van der Waals surface area contributed by atoms with E-state index in [2.05, 4.69) is 21.6 Å². The van der Waals surface area contributed by atoms with Gasteiger partial charge >= 0.3 is 0 Å². The van der Waals surface area contributed by atoms with E-state index in [0.29, 0.717) is 11.7 Å². The normalized spacial score (nSPS) is 15.5. The summed E-state index contributed by atoms with van der Waals surface area (Å²) in [6, 6.07) is 14.5. The van der Waals surface area contributed by atoms with E-state index in [1.54, 1.807) is 19.2 Å². The van der Waals surface area contributed by atoms with Gasteiger partial charge in [0.2, 0.25) is 0 Å². The molecule has 2 aromatic carbocycles. The van der Waals surface area contributed by atoms with Gasteiger partial charge in [0, 0.05) is 17.8 Å². The van der Waals surface area contributed by atoms with Crippen LogP contribution in [0.25, 0.3) is 0 Å². The molecule has 138 valence electrons. The molecule has 0 spiro atoms. The van der Waals surface area contributed by atoms with Gasteiger partial charge in [-0.1, -0.05) is 18.2 Å². The summed E-state index contributed by atoms with van der Waals surface area (Å²) in [7, 11) is 1.70. The first kappa shape index (κ1) is 18.6.